The van der Waals surface area contributed by atoms with E-state index in [1.807, 2.05) is 0 Å². The lowest BCUT2D eigenvalue weighted by Crippen LogP contribution is -2.39. The predicted octanol–water partition coefficient (Wildman–Crippen LogP) is 2.79. The zero-order valence-electron chi connectivity index (χ0n) is 11.9. The minimum Gasteiger partial charge on any atom is -0.335 e. The van der Waals surface area contributed by atoms with Crippen LogP contribution in [0.25, 0.3) is 0 Å². The molecule has 1 amide bonds. The predicted molar refractivity (Wildman–Crippen MR) is 73.2 cm³/mol. The van der Waals surface area contributed by atoms with Crippen LogP contribution < -0.4 is 5.73 Å². The highest BCUT2D eigenvalue weighted by molar-refractivity contribution is 5.79. The second kappa shape index (κ2) is 6.05. The van der Waals surface area contributed by atoms with Crippen molar-refractivity contribution >= 4 is 5.91 Å². The number of halogens is 3. The summed E-state index contributed by atoms with van der Waals surface area (Å²) in [4.78, 5) is 14.0. The number of hydrogen-bond acceptors (Lipinski definition) is 2. The van der Waals surface area contributed by atoms with Gasteiger partial charge in [-0.3, -0.25) is 4.79 Å². The van der Waals surface area contributed by atoms with Crippen molar-refractivity contribution in [3.63, 3.8) is 0 Å². The van der Waals surface area contributed by atoms with Gasteiger partial charge in [0.05, 0.1) is 5.56 Å². The molecule has 1 unspecified atom stereocenters. The van der Waals surface area contributed by atoms with Crippen molar-refractivity contribution < 1.29 is 18.0 Å². The zero-order valence-corrected chi connectivity index (χ0v) is 11.9. The van der Waals surface area contributed by atoms with E-state index in [9.17, 15) is 18.0 Å². The van der Waals surface area contributed by atoms with Gasteiger partial charge < -0.3 is 10.6 Å². The Hall–Kier alpha value is -1.56. The van der Waals surface area contributed by atoms with Crippen molar-refractivity contribution in [1.82, 2.24) is 4.90 Å². The summed E-state index contributed by atoms with van der Waals surface area (Å²) in [6, 6.07) is 5.17. The smallest absolute Gasteiger partial charge is 0.335 e. The van der Waals surface area contributed by atoms with E-state index in [2.05, 4.69) is 0 Å². The quantitative estimate of drug-likeness (QED) is 0.909. The lowest BCUT2D eigenvalue weighted by Gasteiger charge is -2.25. The van der Waals surface area contributed by atoms with Crippen LogP contribution >= 0.6 is 0 Å². The number of nitrogens with zero attached hydrogens (tertiary/aromatic N) is 1. The van der Waals surface area contributed by atoms with E-state index in [4.69, 9.17) is 5.73 Å². The van der Waals surface area contributed by atoms with Crippen LogP contribution in [0.15, 0.2) is 24.3 Å². The molecule has 1 aliphatic rings. The first kappa shape index (κ1) is 15.8. The first-order valence-corrected chi connectivity index (χ1v) is 6.99. The summed E-state index contributed by atoms with van der Waals surface area (Å²) in [5, 5.41) is 0. The number of rotatable bonds is 5. The third-order valence-electron chi connectivity index (χ3n) is 3.68. The highest BCUT2D eigenvalue weighted by Crippen LogP contribution is 2.31. The number of alkyl halides is 3. The normalized spacial score (nSPS) is 16.6. The molecule has 1 fully saturated rings. The summed E-state index contributed by atoms with van der Waals surface area (Å²) in [6.07, 6.45) is -2.44. The third kappa shape index (κ3) is 3.97. The Labute approximate surface area is 121 Å². The Morgan fingerprint density at radius 3 is 2.33 bits per heavy atom. The molecule has 0 bridgehead atoms. The zero-order chi connectivity index (χ0) is 15.6. The largest absolute Gasteiger partial charge is 0.416 e. The maximum absolute atomic E-state index is 12.5. The summed E-state index contributed by atoms with van der Waals surface area (Å²) in [5.41, 5.74) is 5.55. The van der Waals surface area contributed by atoms with Gasteiger partial charge in [0.25, 0.3) is 0 Å². The molecule has 0 aromatic heterocycles. The minimum absolute atomic E-state index is 0.0279. The van der Waals surface area contributed by atoms with Gasteiger partial charge in [-0.25, -0.2) is 0 Å². The SMILES string of the molecule is CC(CN)C(=O)N(Cc1ccc(C(F)(F)F)cc1)C1CC1. The van der Waals surface area contributed by atoms with E-state index in [-0.39, 0.29) is 24.4 Å². The van der Waals surface area contributed by atoms with Crippen LogP contribution in [0.1, 0.15) is 30.9 Å². The molecule has 0 spiro atoms. The Morgan fingerprint density at radius 2 is 1.90 bits per heavy atom. The Morgan fingerprint density at radius 1 is 1.33 bits per heavy atom. The van der Waals surface area contributed by atoms with Crippen molar-refractivity contribution in [2.75, 3.05) is 6.54 Å². The molecule has 2 N–H and O–H groups in total. The van der Waals surface area contributed by atoms with E-state index >= 15 is 0 Å². The average molecular weight is 300 g/mol. The van der Waals surface area contributed by atoms with Gasteiger partial charge in [-0.1, -0.05) is 19.1 Å². The van der Waals surface area contributed by atoms with E-state index < -0.39 is 11.7 Å². The standard InChI is InChI=1S/C15H19F3N2O/c1-10(8-19)14(21)20(13-6-7-13)9-11-2-4-12(5-3-11)15(16,17)18/h2-5,10,13H,6-9,19H2,1H3. The average Bonchev–Trinajstić information content (AvgIpc) is 3.27. The van der Waals surface area contributed by atoms with Crippen LogP contribution in [0.2, 0.25) is 0 Å². The molecule has 2 rings (SSSR count). The van der Waals surface area contributed by atoms with E-state index in [1.54, 1.807) is 11.8 Å². The maximum atomic E-state index is 12.5. The molecule has 1 aromatic rings. The number of amides is 1. The number of carbonyl (C=O) groups is 1. The van der Waals surface area contributed by atoms with Gasteiger partial charge in [0.2, 0.25) is 5.91 Å². The van der Waals surface area contributed by atoms with Gasteiger partial charge in [0.15, 0.2) is 0 Å². The number of hydrogen-bond donors (Lipinski definition) is 1. The molecule has 21 heavy (non-hydrogen) atoms. The Balaban J connectivity index is 2.09. The minimum atomic E-state index is -4.33. The van der Waals surface area contributed by atoms with Crippen LogP contribution in [0, 0.1) is 5.92 Å². The number of carbonyl (C=O) groups excluding carboxylic acids is 1. The molecule has 1 aliphatic carbocycles. The maximum Gasteiger partial charge on any atom is 0.416 e. The monoisotopic (exact) mass is 300 g/mol. The molecule has 6 heteroatoms. The fourth-order valence-electron chi connectivity index (χ4n) is 2.15. The first-order chi connectivity index (χ1) is 9.82. The molecule has 1 saturated carbocycles. The highest BCUT2D eigenvalue weighted by atomic mass is 19.4. The summed E-state index contributed by atoms with van der Waals surface area (Å²) >= 11 is 0. The van der Waals surface area contributed by atoms with Gasteiger partial charge >= 0.3 is 6.18 Å². The fourth-order valence-corrected chi connectivity index (χ4v) is 2.15. The summed E-state index contributed by atoms with van der Waals surface area (Å²) in [7, 11) is 0. The van der Waals surface area contributed by atoms with E-state index in [0.717, 1.165) is 25.0 Å². The number of benzene rings is 1. The van der Waals surface area contributed by atoms with E-state index in [0.29, 0.717) is 12.1 Å². The van der Waals surface area contributed by atoms with Crippen LogP contribution in [0.3, 0.4) is 0 Å². The second-order valence-corrected chi connectivity index (χ2v) is 5.53. The Kier molecular flexibility index (Phi) is 4.56. The fraction of sp³-hybridized carbons (Fsp3) is 0.533. The number of nitrogens with two attached hydrogens (primary N) is 1. The molecule has 3 nitrogen and oxygen atoms in total. The molecular weight excluding hydrogens is 281 g/mol. The lowest BCUT2D eigenvalue weighted by molar-refractivity contribution is -0.138. The molecule has 0 radical (unpaired) electrons. The molecule has 0 heterocycles. The van der Waals surface area contributed by atoms with Crippen molar-refractivity contribution in [2.45, 2.75) is 38.5 Å². The molecule has 1 atom stereocenters. The Bertz CT molecular complexity index is 495. The molecule has 116 valence electrons. The van der Waals surface area contributed by atoms with Crippen molar-refractivity contribution in [3.05, 3.63) is 35.4 Å². The van der Waals surface area contributed by atoms with Gasteiger partial charge in [-0.2, -0.15) is 13.2 Å². The van der Waals surface area contributed by atoms with Crippen molar-refractivity contribution in [2.24, 2.45) is 11.7 Å². The van der Waals surface area contributed by atoms with Crippen LogP contribution in [-0.2, 0) is 17.5 Å². The van der Waals surface area contributed by atoms with Crippen molar-refractivity contribution in [1.29, 1.82) is 0 Å². The molecule has 0 saturated heterocycles. The first-order valence-electron chi connectivity index (χ1n) is 6.99. The van der Waals surface area contributed by atoms with Gasteiger partial charge in [-0.05, 0) is 30.5 Å². The van der Waals surface area contributed by atoms with Crippen LogP contribution in [-0.4, -0.2) is 23.4 Å². The van der Waals surface area contributed by atoms with Crippen LogP contribution in [0.4, 0.5) is 13.2 Å². The third-order valence-corrected chi connectivity index (χ3v) is 3.68. The molecule has 0 aliphatic heterocycles. The van der Waals surface area contributed by atoms with Gasteiger partial charge in [-0.15, -0.1) is 0 Å². The lowest BCUT2D eigenvalue weighted by atomic mass is 10.1. The second-order valence-electron chi connectivity index (χ2n) is 5.53. The highest BCUT2D eigenvalue weighted by Gasteiger charge is 2.34. The van der Waals surface area contributed by atoms with E-state index in [1.165, 1.54) is 12.1 Å². The molecule has 1 aromatic carbocycles. The molecular formula is C15H19F3N2O. The summed E-state index contributed by atoms with van der Waals surface area (Å²) in [6.45, 7) is 2.38. The van der Waals surface area contributed by atoms with Gasteiger partial charge in [0.1, 0.15) is 0 Å². The van der Waals surface area contributed by atoms with Crippen LogP contribution in [0.5, 0.6) is 0 Å². The van der Waals surface area contributed by atoms with Crippen molar-refractivity contribution in [3.8, 4) is 0 Å². The topological polar surface area (TPSA) is 46.3 Å². The summed E-state index contributed by atoms with van der Waals surface area (Å²) < 4.78 is 37.6. The van der Waals surface area contributed by atoms with Gasteiger partial charge in [0, 0.05) is 25.0 Å². The summed E-state index contributed by atoms with van der Waals surface area (Å²) in [5.74, 6) is -0.292.